The topological polar surface area (TPSA) is 0 Å². The fraction of sp³-hybridized carbons (Fsp3) is 0.750. The fourth-order valence-corrected chi connectivity index (χ4v) is 1.14. The van der Waals surface area contributed by atoms with Crippen molar-refractivity contribution in [1.29, 1.82) is 0 Å². The minimum atomic E-state index is 0.981. The van der Waals surface area contributed by atoms with Crippen LogP contribution in [0.2, 0.25) is 0 Å². The maximum Gasteiger partial charge on any atom is -0.0168 e. The lowest BCUT2D eigenvalue weighted by atomic mass is 10.3. The highest BCUT2D eigenvalue weighted by Crippen LogP contribution is 2.40. The molecule has 1 unspecified atom stereocenters. The molecule has 8 heavy (non-hydrogen) atoms. The van der Waals surface area contributed by atoms with Crippen molar-refractivity contribution in [3.8, 4) is 0 Å². The predicted molar refractivity (Wildman–Crippen MR) is 36.8 cm³/mol. The lowest BCUT2D eigenvalue weighted by Gasteiger charge is -1.79. The molecule has 0 nitrogen and oxygen atoms in total. The van der Waals surface area contributed by atoms with Gasteiger partial charge >= 0.3 is 0 Å². The van der Waals surface area contributed by atoms with Crippen molar-refractivity contribution in [2.75, 3.05) is 0 Å². The van der Waals surface area contributed by atoms with Gasteiger partial charge in [-0.15, -0.1) is 0 Å². The molecule has 0 N–H and O–H groups in total. The summed E-state index contributed by atoms with van der Waals surface area (Å²) in [4.78, 5) is 0. The Morgan fingerprint density at radius 2 is 2.38 bits per heavy atom. The molecule has 46 valence electrons. The molecule has 0 aromatic carbocycles. The number of hydrogen-bond donors (Lipinski definition) is 0. The van der Waals surface area contributed by atoms with E-state index in [-0.39, 0.29) is 0 Å². The van der Waals surface area contributed by atoms with Crippen LogP contribution in [0.25, 0.3) is 0 Å². The second kappa shape index (κ2) is 2.34. The van der Waals surface area contributed by atoms with Gasteiger partial charge in [0.25, 0.3) is 0 Å². The van der Waals surface area contributed by atoms with E-state index in [1.807, 2.05) is 0 Å². The standard InChI is InChI=1S/C8H14/c1-3-5-8-6-7(8)4-2/h5,7H,3-4,6H2,1-2H3. The Labute approximate surface area is 51.6 Å². The molecule has 0 amide bonds. The average molecular weight is 110 g/mol. The molecule has 0 heterocycles. The number of allylic oxidation sites excluding steroid dienone is 2. The van der Waals surface area contributed by atoms with E-state index in [0.29, 0.717) is 0 Å². The first kappa shape index (κ1) is 5.87. The van der Waals surface area contributed by atoms with Crippen LogP contribution in [0.15, 0.2) is 11.6 Å². The van der Waals surface area contributed by atoms with Gasteiger partial charge in [-0.05, 0) is 25.2 Å². The van der Waals surface area contributed by atoms with Crippen LogP contribution in [-0.2, 0) is 0 Å². The zero-order chi connectivity index (χ0) is 5.98. The van der Waals surface area contributed by atoms with Crippen LogP contribution < -0.4 is 0 Å². The van der Waals surface area contributed by atoms with Gasteiger partial charge in [0.15, 0.2) is 0 Å². The lowest BCUT2D eigenvalue weighted by Crippen LogP contribution is -1.64. The first-order valence-electron chi connectivity index (χ1n) is 3.57. The summed E-state index contributed by atoms with van der Waals surface area (Å²) in [6, 6.07) is 0. The first-order chi connectivity index (χ1) is 3.88. The Kier molecular flexibility index (Phi) is 1.72. The van der Waals surface area contributed by atoms with Crippen molar-refractivity contribution in [1.82, 2.24) is 0 Å². The van der Waals surface area contributed by atoms with E-state index < -0.39 is 0 Å². The minimum Gasteiger partial charge on any atom is -0.0853 e. The number of rotatable bonds is 2. The molecule has 0 spiro atoms. The molecule has 0 aromatic rings. The largest absolute Gasteiger partial charge is 0.0853 e. The van der Waals surface area contributed by atoms with Crippen molar-refractivity contribution in [3.63, 3.8) is 0 Å². The lowest BCUT2D eigenvalue weighted by molar-refractivity contribution is 0.825. The highest BCUT2D eigenvalue weighted by molar-refractivity contribution is 5.22. The summed E-state index contributed by atoms with van der Waals surface area (Å²) in [5, 5.41) is 0. The van der Waals surface area contributed by atoms with E-state index in [1.165, 1.54) is 19.3 Å². The van der Waals surface area contributed by atoms with Gasteiger partial charge in [0, 0.05) is 0 Å². The molecule has 1 fully saturated rings. The molecule has 1 aliphatic rings. The average Bonchev–Trinajstić information content (AvgIpc) is 2.48. The summed E-state index contributed by atoms with van der Waals surface area (Å²) in [5.74, 6) is 0.981. The van der Waals surface area contributed by atoms with E-state index in [9.17, 15) is 0 Å². The molecule has 0 radical (unpaired) electrons. The molecule has 0 saturated heterocycles. The summed E-state index contributed by atoms with van der Waals surface area (Å²) >= 11 is 0. The quantitative estimate of drug-likeness (QED) is 0.479. The molecular formula is C8H14. The molecule has 0 aromatic heterocycles. The Hall–Kier alpha value is -0.260. The number of hydrogen-bond acceptors (Lipinski definition) is 0. The first-order valence-corrected chi connectivity index (χ1v) is 3.57. The third-order valence-electron chi connectivity index (χ3n) is 1.81. The van der Waals surface area contributed by atoms with E-state index in [1.54, 1.807) is 5.57 Å². The third kappa shape index (κ3) is 1.12. The van der Waals surface area contributed by atoms with Crippen LogP contribution in [0, 0.1) is 5.92 Å². The van der Waals surface area contributed by atoms with Crippen LogP contribution in [0.5, 0.6) is 0 Å². The van der Waals surface area contributed by atoms with E-state index in [2.05, 4.69) is 19.9 Å². The second-order valence-electron chi connectivity index (χ2n) is 2.50. The van der Waals surface area contributed by atoms with Crippen molar-refractivity contribution in [2.45, 2.75) is 33.1 Å². The Morgan fingerprint density at radius 1 is 1.62 bits per heavy atom. The summed E-state index contributed by atoms with van der Waals surface area (Å²) in [6.07, 6.45) is 6.34. The maximum absolute atomic E-state index is 2.37. The Morgan fingerprint density at radius 3 is 2.75 bits per heavy atom. The zero-order valence-corrected chi connectivity index (χ0v) is 5.78. The van der Waals surface area contributed by atoms with Gasteiger partial charge < -0.3 is 0 Å². The Balaban J connectivity index is 2.25. The molecule has 1 saturated carbocycles. The van der Waals surface area contributed by atoms with Crippen LogP contribution in [0.3, 0.4) is 0 Å². The van der Waals surface area contributed by atoms with Crippen molar-refractivity contribution >= 4 is 0 Å². The SMILES string of the molecule is CCC=C1CC1CC. The smallest absolute Gasteiger partial charge is 0.0168 e. The fourth-order valence-electron chi connectivity index (χ4n) is 1.14. The monoisotopic (exact) mass is 110 g/mol. The maximum atomic E-state index is 2.37. The van der Waals surface area contributed by atoms with E-state index >= 15 is 0 Å². The summed E-state index contributed by atoms with van der Waals surface area (Å²) < 4.78 is 0. The molecule has 0 bridgehead atoms. The van der Waals surface area contributed by atoms with Gasteiger partial charge in [0.2, 0.25) is 0 Å². The van der Waals surface area contributed by atoms with Crippen molar-refractivity contribution in [2.24, 2.45) is 5.92 Å². The molecule has 0 aliphatic heterocycles. The zero-order valence-electron chi connectivity index (χ0n) is 5.78. The summed E-state index contributed by atoms with van der Waals surface area (Å²) in [7, 11) is 0. The van der Waals surface area contributed by atoms with Gasteiger partial charge in [0.05, 0.1) is 0 Å². The molecule has 1 atom stereocenters. The van der Waals surface area contributed by atoms with Gasteiger partial charge in [-0.3, -0.25) is 0 Å². The van der Waals surface area contributed by atoms with Gasteiger partial charge in [-0.25, -0.2) is 0 Å². The van der Waals surface area contributed by atoms with Crippen molar-refractivity contribution < 1.29 is 0 Å². The summed E-state index contributed by atoms with van der Waals surface area (Å²) in [5.41, 5.74) is 1.70. The van der Waals surface area contributed by atoms with Gasteiger partial charge in [-0.2, -0.15) is 0 Å². The van der Waals surface area contributed by atoms with Gasteiger partial charge in [0.1, 0.15) is 0 Å². The third-order valence-corrected chi connectivity index (χ3v) is 1.81. The van der Waals surface area contributed by atoms with Crippen molar-refractivity contribution in [3.05, 3.63) is 11.6 Å². The minimum absolute atomic E-state index is 0.981. The molecule has 1 rings (SSSR count). The van der Waals surface area contributed by atoms with Gasteiger partial charge in [-0.1, -0.05) is 25.5 Å². The molecule has 0 heteroatoms. The molecular weight excluding hydrogens is 96.1 g/mol. The van der Waals surface area contributed by atoms with E-state index in [0.717, 1.165) is 5.92 Å². The summed E-state index contributed by atoms with van der Waals surface area (Å²) in [6.45, 7) is 4.47. The second-order valence-corrected chi connectivity index (χ2v) is 2.50. The highest BCUT2D eigenvalue weighted by atomic mass is 14.3. The van der Waals surface area contributed by atoms with Crippen LogP contribution in [-0.4, -0.2) is 0 Å². The van der Waals surface area contributed by atoms with E-state index in [4.69, 9.17) is 0 Å². The molecule has 1 aliphatic carbocycles. The highest BCUT2D eigenvalue weighted by Gasteiger charge is 2.25. The van der Waals surface area contributed by atoms with Crippen LogP contribution >= 0.6 is 0 Å². The predicted octanol–water partition coefficient (Wildman–Crippen LogP) is 2.75. The Bertz CT molecular complexity index is 101. The van der Waals surface area contributed by atoms with Crippen LogP contribution in [0.4, 0.5) is 0 Å². The van der Waals surface area contributed by atoms with Crippen LogP contribution in [0.1, 0.15) is 33.1 Å². The normalized spacial score (nSPS) is 31.2.